The lowest BCUT2D eigenvalue weighted by molar-refractivity contribution is -0.148. The first-order chi connectivity index (χ1) is 8.43. The highest BCUT2D eigenvalue weighted by Crippen LogP contribution is 2.34. The molecule has 1 saturated heterocycles. The van der Waals surface area contributed by atoms with Crippen molar-refractivity contribution >= 4 is 5.97 Å². The van der Waals surface area contributed by atoms with Crippen LogP contribution >= 0.6 is 0 Å². The van der Waals surface area contributed by atoms with Gasteiger partial charge in [-0.15, -0.1) is 0 Å². The number of carbonyl (C=O) groups excluding carboxylic acids is 1. The zero-order chi connectivity index (χ0) is 13.6. The van der Waals surface area contributed by atoms with Gasteiger partial charge in [-0.25, -0.2) is 0 Å². The normalized spacial score (nSPS) is 26.9. The maximum absolute atomic E-state index is 11.8. The number of nitrogens with one attached hydrogen (secondary N) is 1. The van der Waals surface area contributed by atoms with Gasteiger partial charge < -0.3 is 14.8 Å². The Morgan fingerprint density at radius 3 is 2.67 bits per heavy atom. The molecule has 1 atom stereocenters. The van der Waals surface area contributed by atoms with Crippen molar-refractivity contribution in [2.45, 2.75) is 64.5 Å². The molecule has 0 aromatic heterocycles. The van der Waals surface area contributed by atoms with Crippen LogP contribution in [0.3, 0.4) is 0 Å². The summed E-state index contributed by atoms with van der Waals surface area (Å²) >= 11 is 0. The highest BCUT2D eigenvalue weighted by atomic mass is 16.5. The Balaban J connectivity index is 2.71. The third kappa shape index (κ3) is 4.58. The Bertz CT molecular complexity index is 278. The van der Waals surface area contributed by atoms with Crippen molar-refractivity contribution in [1.29, 1.82) is 0 Å². The Labute approximate surface area is 110 Å². The fraction of sp³-hybridized carbons (Fsp3) is 0.929. The minimum atomic E-state index is -0.175. The van der Waals surface area contributed by atoms with Gasteiger partial charge in [0.2, 0.25) is 0 Å². The molecule has 0 radical (unpaired) electrons. The predicted molar refractivity (Wildman–Crippen MR) is 71.5 cm³/mol. The third-order valence-electron chi connectivity index (χ3n) is 3.38. The van der Waals surface area contributed by atoms with Crippen molar-refractivity contribution in [1.82, 2.24) is 5.32 Å². The Kier molecular flexibility index (Phi) is 5.60. The van der Waals surface area contributed by atoms with E-state index in [9.17, 15) is 4.79 Å². The fourth-order valence-electron chi connectivity index (χ4n) is 2.72. The van der Waals surface area contributed by atoms with Crippen LogP contribution in [0, 0.1) is 0 Å². The second kappa shape index (κ2) is 6.53. The maximum atomic E-state index is 11.8. The van der Waals surface area contributed by atoms with Crippen molar-refractivity contribution in [3.05, 3.63) is 0 Å². The molecular weight excluding hydrogens is 230 g/mol. The standard InChI is InChI=1S/C14H27NO3/c1-5-8-15-14(10-12(16)17-6-2)7-9-18-13(3,4)11-14/h15H,5-11H2,1-4H3. The van der Waals surface area contributed by atoms with Gasteiger partial charge in [0.1, 0.15) is 0 Å². The van der Waals surface area contributed by atoms with Gasteiger partial charge in [0.05, 0.1) is 18.6 Å². The molecule has 0 aliphatic carbocycles. The Hall–Kier alpha value is -0.610. The van der Waals surface area contributed by atoms with E-state index in [0.29, 0.717) is 19.6 Å². The van der Waals surface area contributed by atoms with Crippen LogP contribution in [0.15, 0.2) is 0 Å². The number of esters is 1. The largest absolute Gasteiger partial charge is 0.466 e. The Morgan fingerprint density at radius 1 is 1.39 bits per heavy atom. The van der Waals surface area contributed by atoms with Gasteiger partial charge in [-0.2, -0.15) is 0 Å². The van der Waals surface area contributed by atoms with Crippen LogP contribution in [0.1, 0.15) is 53.4 Å². The minimum Gasteiger partial charge on any atom is -0.466 e. The number of hydrogen-bond donors (Lipinski definition) is 1. The summed E-state index contributed by atoms with van der Waals surface area (Å²) in [5, 5.41) is 3.55. The van der Waals surface area contributed by atoms with E-state index in [2.05, 4.69) is 26.1 Å². The van der Waals surface area contributed by atoms with E-state index >= 15 is 0 Å². The van der Waals surface area contributed by atoms with E-state index in [0.717, 1.165) is 25.8 Å². The summed E-state index contributed by atoms with van der Waals surface area (Å²) in [5.74, 6) is -0.112. The molecule has 4 heteroatoms. The maximum Gasteiger partial charge on any atom is 0.307 e. The van der Waals surface area contributed by atoms with Crippen molar-refractivity contribution in [2.24, 2.45) is 0 Å². The number of hydrogen-bond acceptors (Lipinski definition) is 4. The average Bonchev–Trinajstić information content (AvgIpc) is 2.25. The molecule has 1 rings (SSSR count). The van der Waals surface area contributed by atoms with Crippen LogP contribution in [0.5, 0.6) is 0 Å². The molecule has 1 aliphatic rings. The number of ether oxygens (including phenoxy) is 2. The van der Waals surface area contributed by atoms with Crippen LogP contribution in [0.25, 0.3) is 0 Å². The third-order valence-corrected chi connectivity index (χ3v) is 3.38. The molecule has 0 spiro atoms. The quantitative estimate of drug-likeness (QED) is 0.742. The smallest absolute Gasteiger partial charge is 0.307 e. The van der Waals surface area contributed by atoms with Crippen LogP contribution in [0.4, 0.5) is 0 Å². The molecule has 1 heterocycles. The van der Waals surface area contributed by atoms with Crippen LogP contribution in [-0.4, -0.2) is 36.9 Å². The minimum absolute atomic E-state index is 0.112. The van der Waals surface area contributed by atoms with Crippen molar-refractivity contribution in [3.63, 3.8) is 0 Å². The van der Waals surface area contributed by atoms with E-state index in [1.807, 2.05) is 6.92 Å². The van der Waals surface area contributed by atoms with Gasteiger partial charge in [-0.05, 0) is 46.6 Å². The van der Waals surface area contributed by atoms with E-state index < -0.39 is 0 Å². The molecule has 1 aliphatic heterocycles. The molecule has 4 nitrogen and oxygen atoms in total. The molecule has 18 heavy (non-hydrogen) atoms. The topological polar surface area (TPSA) is 47.6 Å². The summed E-state index contributed by atoms with van der Waals surface area (Å²) in [6.45, 7) is 10.2. The lowest BCUT2D eigenvalue weighted by Gasteiger charge is -2.45. The van der Waals surface area contributed by atoms with E-state index in [4.69, 9.17) is 9.47 Å². The van der Waals surface area contributed by atoms with Crippen LogP contribution in [-0.2, 0) is 14.3 Å². The van der Waals surface area contributed by atoms with E-state index in [1.165, 1.54) is 0 Å². The first-order valence-corrected chi connectivity index (χ1v) is 6.98. The van der Waals surface area contributed by atoms with Gasteiger partial charge >= 0.3 is 5.97 Å². The summed E-state index contributed by atoms with van der Waals surface area (Å²) in [5.41, 5.74) is -0.338. The molecule has 1 unspecified atom stereocenters. The molecule has 106 valence electrons. The highest BCUT2D eigenvalue weighted by Gasteiger charge is 2.42. The lowest BCUT2D eigenvalue weighted by Crippen LogP contribution is -2.56. The molecule has 0 bridgehead atoms. The van der Waals surface area contributed by atoms with Gasteiger partial charge in [0, 0.05) is 12.1 Å². The van der Waals surface area contributed by atoms with Gasteiger partial charge in [0.15, 0.2) is 0 Å². The van der Waals surface area contributed by atoms with E-state index in [1.54, 1.807) is 0 Å². The second-order valence-electron chi connectivity index (χ2n) is 5.72. The SMILES string of the molecule is CCCNC1(CC(=O)OCC)CCOC(C)(C)C1. The molecule has 0 aromatic rings. The van der Waals surface area contributed by atoms with E-state index in [-0.39, 0.29) is 17.1 Å². The van der Waals surface area contributed by atoms with Crippen molar-refractivity contribution in [2.75, 3.05) is 19.8 Å². The average molecular weight is 257 g/mol. The molecule has 0 amide bonds. The Morgan fingerprint density at radius 2 is 2.11 bits per heavy atom. The van der Waals surface area contributed by atoms with Crippen LogP contribution < -0.4 is 5.32 Å². The number of rotatable bonds is 6. The van der Waals surface area contributed by atoms with Gasteiger partial charge in [0.25, 0.3) is 0 Å². The van der Waals surface area contributed by atoms with Gasteiger partial charge in [-0.1, -0.05) is 6.92 Å². The first kappa shape index (κ1) is 15.4. The molecule has 1 N–H and O–H groups in total. The van der Waals surface area contributed by atoms with Crippen molar-refractivity contribution in [3.8, 4) is 0 Å². The highest BCUT2D eigenvalue weighted by molar-refractivity contribution is 5.71. The molecule has 1 fully saturated rings. The zero-order valence-electron chi connectivity index (χ0n) is 12.2. The first-order valence-electron chi connectivity index (χ1n) is 6.98. The zero-order valence-corrected chi connectivity index (χ0v) is 12.2. The lowest BCUT2D eigenvalue weighted by atomic mass is 9.79. The monoisotopic (exact) mass is 257 g/mol. The summed E-state index contributed by atoms with van der Waals surface area (Å²) in [7, 11) is 0. The summed E-state index contributed by atoms with van der Waals surface area (Å²) in [6, 6.07) is 0. The van der Waals surface area contributed by atoms with Crippen molar-refractivity contribution < 1.29 is 14.3 Å². The molecular formula is C14H27NO3. The summed E-state index contributed by atoms with van der Waals surface area (Å²) in [6.07, 6.45) is 3.22. The van der Waals surface area contributed by atoms with Gasteiger partial charge in [-0.3, -0.25) is 4.79 Å². The summed E-state index contributed by atoms with van der Waals surface area (Å²) in [4.78, 5) is 11.8. The van der Waals surface area contributed by atoms with Crippen LogP contribution in [0.2, 0.25) is 0 Å². The predicted octanol–water partition coefficient (Wildman–Crippen LogP) is 2.27. The summed E-state index contributed by atoms with van der Waals surface area (Å²) < 4.78 is 10.8. The fourth-order valence-corrected chi connectivity index (χ4v) is 2.72. The molecule has 0 saturated carbocycles. The number of carbonyl (C=O) groups is 1. The molecule has 0 aromatic carbocycles. The second-order valence-corrected chi connectivity index (χ2v) is 5.72.